The molecule has 0 aromatic heterocycles. The lowest BCUT2D eigenvalue weighted by atomic mass is 9.71. The zero-order chi connectivity index (χ0) is 24.6. The van der Waals surface area contributed by atoms with Crippen molar-refractivity contribution in [1.82, 2.24) is 9.80 Å². The minimum Gasteiger partial charge on any atom is -0.481 e. The lowest BCUT2D eigenvalue weighted by Crippen LogP contribution is -2.57. The number of aliphatic hydroxyl groups excluding tert-OH is 1. The number of carbonyl (C=O) groups excluding carboxylic acids is 2. The van der Waals surface area contributed by atoms with Crippen LogP contribution < -0.4 is 0 Å². The summed E-state index contributed by atoms with van der Waals surface area (Å²) < 4.78 is -0.775. The summed E-state index contributed by atoms with van der Waals surface area (Å²) in [6.45, 7) is 8.28. The summed E-state index contributed by atoms with van der Waals surface area (Å²) in [5.41, 5.74) is 0.968. The Bertz CT molecular complexity index is 954. The highest BCUT2D eigenvalue weighted by Gasteiger charge is 2.74. The number of thioether (sulfide) groups is 1. The quantitative estimate of drug-likeness (QED) is 0.494. The van der Waals surface area contributed by atoms with Crippen molar-refractivity contribution in [2.75, 3.05) is 13.2 Å². The molecule has 3 fully saturated rings. The van der Waals surface area contributed by atoms with Gasteiger partial charge in [0.25, 0.3) is 0 Å². The summed E-state index contributed by atoms with van der Waals surface area (Å²) in [7, 11) is 0. The molecule has 3 aliphatic heterocycles. The van der Waals surface area contributed by atoms with Crippen LogP contribution in [-0.4, -0.2) is 73.0 Å². The summed E-state index contributed by atoms with van der Waals surface area (Å²) in [6, 6.07) is 8.33. The van der Waals surface area contributed by atoms with Crippen LogP contribution in [0.1, 0.15) is 38.7 Å². The predicted octanol–water partition coefficient (Wildman–Crippen LogP) is 2.78. The van der Waals surface area contributed by atoms with Gasteiger partial charge in [-0.05, 0) is 30.7 Å². The number of likely N-dealkylation sites (tertiary alicyclic amines) is 1. The van der Waals surface area contributed by atoms with E-state index in [1.165, 1.54) is 11.8 Å². The van der Waals surface area contributed by atoms with Crippen molar-refractivity contribution in [2.45, 2.75) is 61.7 Å². The molecular formula is C26H34N2O5S. The summed E-state index contributed by atoms with van der Waals surface area (Å²) >= 11 is 1.52. The van der Waals surface area contributed by atoms with Crippen molar-refractivity contribution < 1.29 is 24.6 Å². The van der Waals surface area contributed by atoms with Gasteiger partial charge in [0.1, 0.15) is 6.04 Å². The first-order valence-corrected chi connectivity index (χ1v) is 12.9. The lowest BCUT2D eigenvalue weighted by molar-refractivity contribution is -0.150. The maximum atomic E-state index is 14.2. The molecule has 0 aliphatic carbocycles. The molecule has 0 saturated carbocycles. The number of carboxylic acids is 1. The Morgan fingerprint density at radius 1 is 1.32 bits per heavy atom. The van der Waals surface area contributed by atoms with E-state index >= 15 is 0 Å². The molecule has 2 N–H and O–H groups in total. The standard InChI is InChI=1S/C26H34N2O5S/c1-4-12-27(14-17-8-6-5-7-9-17)24(31)22-26-11-10-19(34-26)20(25(32)33)21(26)23(30)28(22)18(15-29)13-16(2)3/h4-9,16,18-22,29H,1,10-15H2,2-3H3,(H,32,33)/t18-,19+,20-,21+,22?,26?/m1/s1. The molecule has 4 rings (SSSR count). The molecule has 7 nitrogen and oxygen atoms in total. The monoisotopic (exact) mass is 486 g/mol. The summed E-state index contributed by atoms with van der Waals surface area (Å²) in [6.07, 6.45) is 3.52. The SMILES string of the molecule is C=CCN(Cc1ccccc1)C(=O)C1N([C@@H](CO)CC(C)C)C(=O)[C@@H]2[C@H](C(=O)O)[C@@H]3CCC12S3. The third-order valence-electron chi connectivity index (χ3n) is 7.48. The van der Waals surface area contributed by atoms with Gasteiger partial charge in [-0.3, -0.25) is 14.4 Å². The molecule has 3 aliphatic rings. The number of carbonyl (C=O) groups is 3. The fourth-order valence-corrected chi connectivity index (χ4v) is 8.42. The van der Waals surface area contributed by atoms with Gasteiger partial charge in [0.2, 0.25) is 11.8 Å². The molecular weight excluding hydrogens is 452 g/mol. The number of aliphatic hydroxyl groups is 1. The highest BCUT2D eigenvalue weighted by Crippen LogP contribution is 2.66. The van der Waals surface area contributed by atoms with E-state index in [0.717, 1.165) is 5.56 Å². The number of carboxylic acid groups (broad SMARTS) is 1. The molecule has 8 heteroatoms. The second-order valence-electron chi connectivity index (χ2n) is 10.1. The van der Waals surface area contributed by atoms with E-state index in [4.69, 9.17) is 0 Å². The zero-order valence-electron chi connectivity index (χ0n) is 19.8. The van der Waals surface area contributed by atoms with Gasteiger partial charge in [-0.1, -0.05) is 50.3 Å². The molecule has 1 aromatic rings. The van der Waals surface area contributed by atoms with E-state index in [1.54, 1.807) is 15.9 Å². The first-order chi connectivity index (χ1) is 16.2. The molecule has 2 amide bonds. The molecule has 3 saturated heterocycles. The Morgan fingerprint density at radius 3 is 2.62 bits per heavy atom. The molecule has 34 heavy (non-hydrogen) atoms. The van der Waals surface area contributed by atoms with Gasteiger partial charge in [-0.2, -0.15) is 0 Å². The number of benzene rings is 1. The average Bonchev–Trinajstić information content (AvgIpc) is 3.44. The molecule has 2 unspecified atom stereocenters. The zero-order valence-corrected chi connectivity index (χ0v) is 20.6. The molecule has 3 heterocycles. The number of amides is 2. The van der Waals surface area contributed by atoms with Gasteiger partial charge in [0.15, 0.2) is 0 Å². The normalized spacial score (nSPS) is 30.5. The molecule has 6 atom stereocenters. The van der Waals surface area contributed by atoms with Gasteiger partial charge in [0, 0.05) is 18.3 Å². The summed E-state index contributed by atoms with van der Waals surface area (Å²) in [5.74, 6) is -2.80. The van der Waals surface area contributed by atoms with E-state index in [0.29, 0.717) is 32.4 Å². The minimum atomic E-state index is -0.970. The summed E-state index contributed by atoms with van der Waals surface area (Å²) in [5, 5.41) is 20.1. The number of aliphatic carboxylic acids is 1. The van der Waals surface area contributed by atoms with Gasteiger partial charge < -0.3 is 20.0 Å². The van der Waals surface area contributed by atoms with Crippen LogP contribution in [0.15, 0.2) is 43.0 Å². The highest BCUT2D eigenvalue weighted by atomic mass is 32.2. The van der Waals surface area contributed by atoms with Gasteiger partial charge in [-0.25, -0.2) is 0 Å². The topological polar surface area (TPSA) is 98.2 Å². The molecule has 184 valence electrons. The van der Waals surface area contributed by atoms with Crippen molar-refractivity contribution in [2.24, 2.45) is 17.8 Å². The van der Waals surface area contributed by atoms with Crippen LogP contribution in [0.2, 0.25) is 0 Å². The van der Waals surface area contributed by atoms with Crippen molar-refractivity contribution in [3.05, 3.63) is 48.6 Å². The molecule has 2 bridgehead atoms. The predicted molar refractivity (Wildman–Crippen MR) is 131 cm³/mol. The second-order valence-corrected chi connectivity index (χ2v) is 11.7. The van der Waals surface area contributed by atoms with Crippen LogP contribution in [0.3, 0.4) is 0 Å². The average molecular weight is 487 g/mol. The van der Waals surface area contributed by atoms with Crippen LogP contribution in [0.25, 0.3) is 0 Å². The minimum absolute atomic E-state index is 0.163. The Balaban J connectivity index is 1.77. The largest absolute Gasteiger partial charge is 0.481 e. The number of rotatable bonds is 10. The van der Waals surface area contributed by atoms with E-state index in [1.807, 2.05) is 44.2 Å². The van der Waals surface area contributed by atoms with Crippen LogP contribution in [0, 0.1) is 17.8 Å². The maximum Gasteiger partial charge on any atom is 0.308 e. The van der Waals surface area contributed by atoms with E-state index in [9.17, 15) is 24.6 Å². The van der Waals surface area contributed by atoms with Gasteiger partial charge in [0.05, 0.1) is 29.2 Å². The fourth-order valence-electron chi connectivity index (χ4n) is 6.23. The number of nitrogens with zero attached hydrogens (tertiary/aromatic N) is 2. The highest BCUT2D eigenvalue weighted by molar-refractivity contribution is 8.02. The lowest BCUT2D eigenvalue weighted by Gasteiger charge is -2.40. The van der Waals surface area contributed by atoms with Crippen LogP contribution in [-0.2, 0) is 20.9 Å². The van der Waals surface area contributed by atoms with Crippen molar-refractivity contribution in [3.63, 3.8) is 0 Å². The maximum absolute atomic E-state index is 14.2. The van der Waals surface area contributed by atoms with Crippen LogP contribution in [0.5, 0.6) is 0 Å². The Labute approximate surface area is 205 Å². The second kappa shape index (κ2) is 9.74. The Kier molecular flexibility index (Phi) is 7.10. The van der Waals surface area contributed by atoms with Crippen LogP contribution >= 0.6 is 11.8 Å². The first kappa shape index (κ1) is 24.8. The van der Waals surface area contributed by atoms with E-state index in [-0.39, 0.29) is 29.6 Å². The van der Waals surface area contributed by atoms with Crippen molar-refractivity contribution in [1.29, 1.82) is 0 Å². The smallest absolute Gasteiger partial charge is 0.308 e. The fraction of sp³-hybridized carbons (Fsp3) is 0.577. The first-order valence-electron chi connectivity index (χ1n) is 12.0. The third-order valence-corrected chi connectivity index (χ3v) is 9.43. The van der Waals surface area contributed by atoms with Gasteiger partial charge in [-0.15, -0.1) is 18.3 Å². The van der Waals surface area contributed by atoms with E-state index < -0.39 is 34.6 Å². The molecule has 1 aromatic carbocycles. The van der Waals surface area contributed by atoms with Crippen molar-refractivity contribution in [3.8, 4) is 0 Å². The Morgan fingerprint density at radius 2 is 2.03 bits per heavy atom. The van der Waals surface area contributed by atoms with E-state index in [2.05, 4.69) is 6.58 Å². The Hall–Kier alpha value is -2.32. The number of hydrogen-bond acceptors (Lipinski definition) is 5. The van der Waals surface area contributed by atoms with Crippen molar-refractivity contribution >= 4 is 29.5 Å². The molecule has 1 spiro atoms. The third kappa shape index (κ3) is 4.05. The van der Waals surface area contributed by atoms with Crippen LogP contribution in [0.4, 0.5) is 0 Å². The number of hydrogen-bond donors (Lipinski definition) is 2. The van der Waals surface area contributed by atoms with Gasteiger partial charge >= 0.3 is 5.97 Å². The molecule has 0 radical (unpaired) electrons. The number of fused-ring (bicyclic) bond motifs is 1. The summed E-state index contributed by atoms with van der Waals surface area (Å²) in [4.78, 5) is 43.6.